The highest BCUT2D eigenvalue weighted by Gasteiger charge is 2.40. The van der Waals surface area contributed by atoms with Crippen molar-refractivity contribution in [3.63, 3.8) is 0 Å². The summed E-state index contributed by atoms with van der Waals surface area (Å²) >= 11 is 0. The van der Waals surface area contributed by atoms with Crippen LogP contribution in [-0.4, -0.2) is 46.7 Å². The van der Waals surface area contributed by atoms with Gasteiger partial charge in [0.25, 0.3) is 5.91 Å². The number of ether oxygens (including phenoxy) is 2. The van der Waals surface area contributed by atoms with Gasteiger partial charge in [0.2, 0.25) is 0 Å². The van der Waals surface area contributed by atoms with Crippen LogP contribution in [0, 0.1) is 23.7 Å². The molecule has 0 spiro atoms. The Kier molecular flexibility index (Phi) is 11.7. The third-order valence-corrected chi connectivity index (χ3v) is 7.00. The number of rotatable bonds is 12. The van der Waals surface area contributed by atoms with Crippen LogP contribution in [0.5, 0.6) is 11.5 Å². The molecule has 0 unspecified atom stereocenters. The molecule has 0 aliphatic heterocycles. The van der Waals surface area contributed by atoms with E-state index in [9.17, 15) is 24.6 Å². The Balaban J connectivity index is 1.15. The van der Waals surface area contributed by atoms with Gasteiger partial charge in [0.05, 0.1) is 12.0 Å². The second kappa shape index (κ2) is 16.1. The number of unbranched alkanes of at least 4 members (excludes halogenated alkanes) is 2. The maximum absolute atomic E-state index is 12.5. The molecular weight excluding hydrogens is 546 g/mol. The van der Waals surface area contributed by atoms with Crippen LogP contribution in [0.25, 0.3) is 0 Å². The van der Waals surface area contributed by atoms with E-state index in [0.29, 0.717) is 35.6 Å². The lowest BCUT2D eigenvalue weighted by Crippen LogP contribution is -2.21. The van der Waals surface area contributed by atoms with E-state index in [1.54, 1.807) is 66.7 Å². The van der Waals surface area contributed by atoms with Crippen LogP contribution >= 0.6 is 0 Å². The van der Waals surface area contributed by atoms with Crippen LogP contribution < -0.4 is 14.8 Å². The number of carbonyl (C=O) groups excluding carboxylic acids is 3. The fourth-order valence-electron chi connectivity index (χ4n) is 4.77. The lowest BCUT2D eigenvalue weighted by Gasteiger charge is -2.15. The van der Waals surface area contributed by atoms with Crippen molar-refractivity contribution in [3.05, 3.63) is 103 Å². The highest BCUT2D eigenvalue weighted by molar-refractivity contribution is 6.04. The molecule has 222 valence electrons. The summed E-state index contributed by atoms with van der Waals surface area (Å²) in [5.74, 6) is 4.94. The van der Waals surface area contributed by atoms with Crippen molar-refractivity contribution in [2.45, 2.75) is 44.3 Å². The molecule has 1 aliphatic rings. The molecule has 0 aromatic heterocycles. The molecule has 0 saturated heterocycles. The zero-order valence-electron chi connectivity index (χ0n) is 23.7. The number of aliphatic hydroxyl groups is 2. The molecule has 0 bridgehead atoms. The first-order chi connectivity index (χ1) is 20.9. The van der Waals surface area contributed by atoms with Crippen molar-refractivity contribution in [2.75, 3.05) is 11.9 Å². The minimum absolute atomic E-state index is 0.00844. The van der Waals surface area contributed by atoms with E-state index in [2.05, 4.69) is 17.2 Å². The number of esters is 1. The minimum atomic E-state index is -1.04. The van der Waals surface area contributed by atoms with Gasteiger partial charge >= 0.3 is 5.97 Å². The fourth-order valence-corrected chi connectivity index (χ4v) is 4.77. The summed E-state index contributed by atoms with van der Waals surface area (Å²) in [4.78, 5) is 36.9. The van der Waals surface area contributed by atoms with Crippen molar-refractivity contribution in [3.8, 4) is 23.3 Å². The summed E-state index contributed by atoms with van der Waals surface area (Å²) in [6, 6.07) is 24.5. The van der Waals surface area contributed by atoms with Crippen LogP contribution in [0.1, 0.15) is 42.5 Å². The predicted octanol–water partition coefficient (Wildman–Crippen LogP) is 4.97. The molecule has 1 fully saturated rings. The van der Waals surface area contributed by atoms with Crippen LogP contribution in [0.3, 0.4) is 0 Å². The average Bonchev–Trinajstić information content (AvgIpc) is 3.29. The third kappa shape index (κ3) is 9.96. The normalized spacial score (nSPS) is 18.5. The molecule has 8 heteroatoms. The number of benzene rings is 3. The second-order valence-electron chi connectivity index (χ2n) is 10.3. The fraction of sp³-hybridized carbons (Fsp3) is 0.286. The zero-order valence-corrected chi connectivity index (χ0v) is 23.7. The Bertz CT molecular complexity index is 1440. The standard InChI is InChI=1S/C35H35NO7/c37-27(24-42-28-13-7-4-8-14-28)19-22-31-30(32(38)23-33(31)39)15-9-1-2-10-16-34(40)43-29-20-17-26(18-21-29)36-35(41)25-11-5-3-6-12-25/h3-8,10-14,16-18,20-21,27,30-31,33,37,39H,1-2,9,15,23-24H2,(H,36,41)/b16-10+/t27-,30-,31-,33-/m1/s1. The zero-order chi connectivity index (χ0) is 30.4. The summed E-state index contributed by atoms with van der Waals surface area (Å²) in [6.45, 7) is -0.00844. The van der Waals surface area contributed by atoms with E-state index in [4.69, 9.17) is 9.47 Å². The van der Waals surface area contributed by atoms with Crippen molar-refractivity contribution in [1.82, 2.24) is 0 Å². The predicted molar refractivity (Wildman–Crippen MR) is 162 cm³/mol. The molecule has 4 atom stereocenters. The number of ketones is 1. The first-order valence-corrected chi connectivity index (χ1v) is 14.3. The summed E-state index contributed by atoms with van der Waals surface area (Å²) < 4.78 is 10.8. The summed E-state index contributed by atoms with van der Waals surface area (Å²) in [7, 11) is 0. The quantitative estimate of drug-likeness (QED) is 0.0908. The van der Waals surface area contributed by atoms with Gasteiger partial charge in [-0.15, -0.1) is 0 Å². The second-order valence-corrected chi connectivity index (χ2v) is 10.3. The first-order valence-electron chi connectivity index (χ1n) is 14.3. The number of Topliss-reactive ketones (excluding diaryl/α,β-unsaturated/α-hetero) is 1. The molecule has 8 nitrogen and oxygen atoms in total. The molecule has 4 rings (SSSR count). The topological polar surface area (TPSA) is 122 Å². The Hall–Kier alpha value is -4.71. The van der Waals surface area contributed by atoms with Gasteiger partial charge in [-0.25, -0.2) is 4.79 Å². The highest BCUT2D eigenvalue weighted by atomic mass is 16.5. The summed E-state index contributed by atoms with van der Waals surface area (Å²) in [5.41, 5.74) is 1.13. The first kappa shape index (κ1) is 31.2. The molecule has 0 heterocycles. The molecule has 1 amide bonds. The summed E-state index contributed by atoms with van der Waals surface area (Å²) in [5, 5.41) is 23.3. The molecule has 3 aromatic rings. The molecule has 1 aliphatic carbocycles. The number of aliphatic hydroxyl groups excluding tert-OH is 2. The minimum Gasteiger partial charge on any atom is -0.490 e. The number of para-hydroxylation sites is 1. The van der Waals surface area contributed by atoms with E-state index < -0.39 is 24.1 Å². The number of hydrogen-bond acceptors (Lipinski definition) is 7. The van der Waals surface area contributed by atoms with Gasteiger partial charge in [-0.1, -0.05) is 60.7 Å². The smallest absolute Gasteiger partial charge is 0.335 e. The van der Waals surface area contributed by atoms with Gasteiger partial charge < -0.3 is 25.0 Å². The molecule has 3 aromatic carbocycles. The van der Waals surface area contributed by atoms with E-state index in [1.165, 1.54) is 6.08 Å². The summed E-state index contributed by atoms with van der Waals surface area (Å²) in [6.07, 6.45) is 3.91. The molecule has 43 heavy (non-hydrogen) atoms. The molecular formula is C35H35NO7. The lowest BCUT2D eigenvalue weighted by molar-refractivity contribution is -0.129. The Morgan fingerprint density at radius 3 is 2.37 bits per heavy atom. The molecule has 0 radical (unpaired) electrons. The maximum atomic E-state index is 12.5. The number of allylic oxidation sites excluding steroid dienone is 1. The van der Waals surface area contributed by atoms with Gasteiger partial charge in [-0.05, 0) is 67.8 Å². The maximum Gasteiger partial charge on any atom is 0.335 e. The molecule has 3 N–H and O–H groups in total. The third-order valence-electron chi connectivity index (χ3n) is 7.00. The Morgan fingerprint density at radius 2 is 1.65 bits per heavy atom. The van der Waals surface area contributed by atoms with Crippen molar-refractivity contribution >= 4 is 23.3 Å². The number of anilines is 1. The van der Waals surface area contributed by atoms with Gasteiger partial charge in [-0.2, -0.15) is 0 Å². The van der Waals surface area contributed by atoms with Crippen LogP contribution in [0.2, 0.25) is 0 Å². The monoisotopic (exact) mass is 581 g/mol. The lowest BCUT2D eigenvalue weighted by atomic mass is 9.89. The van der Waals surface area contributed by atoms with Crippen molar-refractivity contribution in [1.29, 1.82) is 0 Å². The Labute approximate surface area is 251 Å². The largest absolute Gasteiger partial charge is 0.490 e. The highest BCUT2D eigenvalue weighted by Crippen LogP contribution is 2.33. The SMILES string of the molecule is O=C(/C=C/CCCC[C@H]1C(=O)C[C@@H](O)[C@@H]1C#C[C@@H](O)COc1ccccc1)Oc1ccc(NC(=O)c2ccccc2)cc1. The van der Waals surface area contributed by atoms with Crippen LogP contribution in [-0.2, 0) is 9.59 Å². The van der Waals surface area contributed by atoms with Gasteiger partial charge in [0.15, 0.2) is 0 Å². The Morgan fingerprint density at radius 1 is 0.953 bits per heavy atom. The number of nitrogens with one attached hydrogen (secondary N) is 1. The molecule has 1 saturated carbocycles. The van der Waals surface area contributed by atoms with Crippen molar-refractivity contribution in [2.24, 2.45) is 11.8 Å². The van der Waals surface area contributed by atoms with E-state index >= 15 is 0 Å². The number of hydrogen-bond donors (Lipinski definition) is 3. The number of amides is 1. The van der Waals surface area contributed by atoms with Gasteiger partial charge in [0.1, 0.15) is 30.0 Å². The number of carbonyl (C=O) groups is 3. The van der Waals surface area contributed by atoms with Gasteiger partial charge in [-0.3, -0.25) is 9.59 Å². The van der Waals surface area contributed by atoms with Crippen LogP contribution in [0.15, 0.2) is 97.1 Å². The van der Waals surface area contributed by atoms with E-state index in [1.807, 2.05) is 24.3 Å². The van der Waals surface area contributed by atoms with Gasteiger partial charge in [0, 0.05) is 29.7 Å². The van der Waals surface area contributed by atoms with E-state index in [-0.39, 0.29) is 30.6 Å². The average molecular weight is 582 g/mol. The van der Waals surface area contributed by atoms with E-state index in [0.717, 1.165) is 12.8 Å². The van der Waals surface area contributed by atoms with Crippen molar-refractivity contribution < 1.29 is 34.1 Å². The van der Waals surface area contributed by atoms with Crippen LogP contribution in [0.4, 0.5) is 5.69 Å².